The molecule has 9 aromatic rings. The Kier molecular flexibility index (Phi) is 28.2. The summed E-state index contributed by atoms with van der Waals surface area (Å²) in [6.07, 6.45) is 18.3. The van der Waals surface area contributed by atoms with Crippen molar-refractivity contribution in [1.29, 1.82) is 0 Å². The molecule has 0 aliphatic carbocycles. The van der Waals surface area contributed by atoms with Gasteiger partial charge in [0.2, 0.25) is 0 Å². The third-order valence-corrected chi connectivity index (χ3v) is 19.2. The molecule has 0 bridgehead atoms. The van der Waals surface area contributed by atoms with Gasteiger partial charge in [-0.15, -0.1) is 0 Å². The molecular formula is C85H90BrN5O16. The number of aldehydes is 2. The van der Waals surface area contributed by atoms with Gasteiger partial charge in [-0.25, -0.2) is 4.98 Å². The van der Waals surface area contributed by atoms with Crippen molar-refractivity contribution in [2.24, 2.45) is 5.73 Å². The SMILES string of the molecule is Cc1c(/C=C/C2OC(C)(C)C(C)(C)O2)cccc1-c1ccc2c(c1)OCCO2.Cc1cc(C=O)cnc1/C=C/c1cccc(-c2ccc3c(c2)OCCO3)c1C.Cc1cc(C=O)cnc1Br.Cc1cc(CNC(CO)C(=O)O)cnc1/C=C/c1cccc(-c2ccc3c(c2)OCCO3)c1C.NC(CO)C(=O)O. The lowest BCUT2D eigenvalue weighted by atomic mass is 9.90. The molecule has 0 amide bonds. The third kappa shape index (κ3) is 21.3. The van der Waals surface area contributed by atoms with Gasteiger partial charge < -0.3 is 64.1 Å². The van der Waals surface area contributed by atoms with Crippen LogP contribution in [0.25, 0.3) is 63.8 Å². The number of halogens is 1. The quantitative estimate of drug-likeness (QED) is 0.0343. The van der Waals surface area contributed by atoms with Crippen LogP contribution < -0.4 is 39.5 Å². The standard InChI is InChI=1S/C27H28N2O5.C24H21NO3.C24H28O4.C7H6BrNO.C3H7NO3/c1-17-12-19(15-29-24(16-30)27(31)32)14-28-23(17)8-6-20-4-3-5-22(18(20)2)21-7-9-25-26(13-21)34-11-10-33-25;1-16-12-18(15-26)14-25-22(16)8-6-19-4-3-5-21(17(19)2)20-7-9-23-24(13-20)28-11-10-27-23;1-16-17(10-12-22-27-23(2,3)24(4,5)28-22)7-6-8-19(16)18-9-11-20-21(15-18)26-14-13-25-20;1-5-2-6(4-10)3-9-7(5)8;4-2(1-5)3(6)7/h3-9,12-14,24,29-30H,10-11,15-16H2,1-2H3,(H,31,32);3-9,12-15H,10-11H2,1-2H3;6-12,15,22H,13-14H2,1-5H3;2-4H,1H3;2,5H,1,4H2,(H,6,7)/b2*8-6+;12-10+;;. The summed E-state index contributed by atoms with van der Waals surface area (Å²) in [5.74, 6) is 2.49. The van der Waals surface area contributed by atoms with Crippen LogP contribution in [-0.2, 0) is 25.6 Å². The van der Waals surface area contributed by atoms with E-state index in [-0.39, 0.29) is 17.5 Å². The Hall–Kier alpha value is -10.7. The number of nitrogens with one attached hydrogen (secondary N) is 1. The number of aromatic nitrogens is 3. The Morgan fingerprint density at radius 2 is 0.897 bits per heavy atom. The molecule has 1 fully saturated rings. The fourth-order valence-corrected chi connectivity index (χ4v) is 11.7. The number of aryl methyl sites for hydroxylation is 3. The zero-order chi connectivity index (χ0) is 77.0. The van der Waals surface area contributed by atoms with Gasteiger partial charge in [-0.3, -0.25) is 34.5 Å². The number of aliphatic hydroxyl groups is 2. The molecule has 1 saturated heterocycles. The summed E-state index contributed by atoms with van der Waals surface area (Å²) in [6, 6.07) is 40.4. The highest BCUT2D eigenvalue weighted by Crippen LogP contribution is 2.42. The van der Waals surface area contributed by atoms with Gasteiger partial charge in [-0.1, -0.05) is 97.1 Å². The van der Waals surface area contributed by atoms with Crippen molar-refractivity contribution < 1.29 is 77.5 Å². The average molecular weight is 1520 g/mol. The summed E-state index contributed by atoms with van der Waals surface area (Å²) in [4.78, 5) is 54.6. The molecule has 22 heteroatoms. The number of nitrogens with zero attached hydrogens (tertiary/aromatic N) is 3. The zero-order valence-corrected chi connectivity index (χ0v) is 63.1. The Bertz CT molecular complexity index is 4730. The van der Waals surface area contributed by atoms with E-state index >= 15 is 0 Å². The van der Waals surface area contributed by atoms with E-state index in [1.807, 2.05) is 93.6 Å². The lowest BCUT2D eigenvalue weighted by Crippen LogP contribution is -2.41. The Morgan fingerprint density at radius 3 is 1.26 bits per heavy atom. The normalized spacial score (nSPS) is 14.9. The molecule has 0 spiro atoms. The first-order valence-corrected chi connectivity index (χ1v) is 35.6. The van der Waals surface area contributed by atoms with E-state index in [1.54, 1.807) is 18.5 Å². The number of aliphatic carboxylic acids is 2. The molecule has 2 unspecified atom stereocenters. The number of aliphatic hydroxyl groups excluding tert-OH is 2. The number of carbonyl (C=O) groups is 4. The fraction of sp³-hybridized carbons (Fsp3) is 0.282. The van der Waals surface area contributed by atoms with Crippen LogP contribution in [0.5, 0.6) is 34.5 Å². The van der Waals surface area contributed by atoms with Crippen LogP contribution in [-0.4, -0.2) is 142 Å². The van der Waals surface area contributed by atoms with Crippen molar-refractivity contribution in [2.45, 2.75) is 105 Å². The molecule has 6 aromatic carbocycles. The second-order valence-electron chi connectivity index (χ2n) is 26.5. The number of fused-ring (bicyclic) bond motifs is 3. The average Bonchev–Trinajstić information content (AvgIpc) is 1.75. The molecule has 0 saturated carbocycles. The number of hydrogen-bond donors (Lipinski definition) is 6. The third-order valence-electron chi connectivity index (χ3n) is 18.4. The topological polar surface area (TPSA) is 300 Å². The van der Waals surface area contributed by atoms with E-state index in [1.165, 1.54) is 22.9 Å². The molecule has 558 valence electrons. The molecule has 2 atom stereocenters. The molecule has 3 aromatic heterocycles. The first-order valence-electron chi connectivity index (χ1n) is 34.8. The summed E-state index contributed by atoms with van der Waals surface area (Å²) in [7, 11) is 0. The van der Waals surface area contributed by atoms with Gasteiger partial charge in [0.05, 0.1) is 35.8 Å². The molecule has 107 heavy (non-hydrogen) atoms. The summed E-state index contributed by atoms with van der Waals surface area (Å²) >= 11 is 3.23. The number of nitrogens with two attached hydrogens (primary N) is 1. The van der Waals surface area contributed by atoms with Crippen molar-refractivity contribution in [3.63, 3.8) is 0 Å². The number of carboxylic acid groups (broad SMARTS) is 2. The smallest absolute Gasteiger partial charge is 0.323 e. The van der Waals surface area contributed by atoms with Crippen LogP contribution in [0, 0.1) is 41.5 Å². The molecule has 13 rings (SSSR count). The Morgan fingerprint density at radius 1 is 0.505 bits per heavy atom. The molecule has 4 aliphatic heterocycles. The minimum absolute atomic E-state index is 0.312. The molecular weight excluding hydrogens is 1430 g/mol. The molecule has 7 heterocycles. The summed E-state index contributed by atoms with van der Waals surface area (Å²) < 4.78 is 47.0. The van der Waals surface area contributed by atoms with Gasteiger partial charge in [0.1, 0.15) is 56.3 Å². The Labute approximate surface area is 631 Å². The zero-order valence-electron chi connectivity index (χ0n) is 61.6. The van der Waals surface area contributed by atoms with E-state index in [9.17, 15) is 19.2 Å². The van der Waals surface area contributed by atoms with E-state index in [2.05, 4.69) is 170 Å². The predicted molar refractivity (Wildman–Crippen MR) is 417 cm³/mol. The maximum Gasteiger partial charge on any atom is 0.323 e. The van der Waals surface area contributed by atoms with Crippen LogP contribution in [0.4, 0.5) is 0 Å². The first kappa shape index (κ1) is 80.4. The highest BCUT2D eigenvalue weighted by atomic mass is 79.9. The van der Waals surface area contributed by atoms with Crippen LogP contribution in [0.2, 0.25) is 0 Å². The highest BCUT2D eigenvalue weighted by Gasteiger charge is 2.48. The maximum absolute atomic E-state index is 11.0. The van der Waals surface area contributed by atoms with Gasteiger partial charge in [0.25, 0.3) is 0 Å². The van der Waals surface area contributed by atoms with Gasteiger partial charge in [0.15, 0.2) is 53.4 Å². The molecule has 0 radical (unpaired) electrons. The van der Waals surface area contributed by atoms with Crippen molar-refractivity contribution in [3.05, 3.63) is 235 Å². The van der Waals surface area contributed by atoms with Gasteiger partial charge in [0, 0.05) is 36.3 Å². The maximum atomic E-state index is 11.0. The van der Waals surface area contributed by atoms with E-state index in [4.69, 9.17) is 64.1 Å². The summed E-state index contributed by atoms with van der Waals surface area (Å²) in [5, 5.41) is 36.9. The van der Waals surface area contributed by atoms with Crippen LogP contribution in [0.15, 0.2) is 157 Å². The minimum Gasteiger partial charge on any atom is -0.486 e. The number of benzene rings is 6. The number of carboxylic acids is 2. The lowest BCUT2D eigenvalue weighted by molar-refractivity contribution is -0.141. The number of ether oxygens (including phenoxy) is 8. The Balaban J connectivity index is 0.000000167. The van der Waals surface area contributed by atoms with Crippen molar-refractivity contribution in [2.75, 3.05) is 52.9 Å². The highest BCUT2D eigenvalue weighted by molar-refractivity contribution is 9.10. The van der Waals surface area contributed by atoms with Gasteiger partial charge >= 0.3 is 11.9 Å². The summed E-state index contributed by atoms with van der Waals surface area (Å²) in [6.45, 7) is 23.2. The predicted octanol–water partition coefficient (Wildman–Crippen LogP) is 14.7. The van der Waals surface area contributed by atoms with Crippen LogP contribution >= 0.6 is 15.9 Å². The lowest BCUT2D eigenvalue weighted by Gasteiger charge is -2.30. The summed E-state index contributed by atoms with van der Waals surface area (Å²) in [5.41, 5.74) is 24.4. The number of rotatable bonds is 18. The van der Waals surface area contributed by atoms with Gasteiger partial charge in [-0.05, 0) is 241 Å². The monoisotopic (exact) mass is 1520 g/mol. The fourth-order valence-electron chi connectivity index (χ4n) is 11.5. The van der Waals surface area contributed by atoms with Crippen LogP contribution in [0.1, 0.15) is 115 Å². The van der Waals surface area contributed by atoms with E-state index < -0.39 is 37.2 Å². The second-order valence-corrected chi connectivity index (χ2v) is 27.2. The minimum atomic E-state index is -1.18. The number of carbonyl (C=O) groups excluding carboxylic acids is 2. The second kappa shape index (κ2) is 37.5. The molecule has 7 N–H and O–H groups in total. The van der Waals surface area contributed by atoms with Crippen molar-refractivity contribution >= 4 is 70.8 Å². The number of pyridine rings is 3. The number of hydrogen-bond acceptors (Lipinski definition) is 19. The van der Waals surface area contributed by atoms with Crippen molar-refractivity contribution in [3.8, 4) is 67.9 Å². The van der Waals surface area contributed by atoms with Gasteiger partial charge in [-0.2, -0.15) is 0 Å². The van der Waals surface area contributed by atoms with Crippen LogP contribution in [0.3, 0.4) is 0 Å². The van der Waals surface area contributed by atoms with E-state index in [0.717, 1.165) is 135 Å². The molecule has 4 aliphatic rings. The van der Waals surface area contributed by atoms with E-state index in [0.29, 0.717) is 57.3 Å². The largest absolute Gasteiger partial charge is 0.486 e. The van der Waals surface area contributed by atoms with Crippen molar-refractivity contribution in [1.82, 2.24) is 20.3 Å². The molecule has 21 nitrogen and oxygen atoms in total. The first-order chi connectivity index (χ1) is 51.3.